The summed E-state index contributed by atoms with van der Waals surface area (Å²) in [7, 11) is 1.89. The van der Waals surface area contributed by atoms with Crippen molar-refractivity contribution in [3.8, 4) is 6.07 Å². The van der Waals surface area contributed by atoms with Gasteiger partial charge in [-0.2, -0.15) is 5.26 Å². The van der Waals surface area contributed by atoms with Crippen LogP contribution in [0.4, 0.5) is 0 Å². The summed E-state index contributed by atoms with van der Waals surface area (Å²) < 4.78 is 1.85. The fourth-order valence-corrected chi connectivity index (χ4v) is 4.05. The molecule has 0 aromatic carbocycles. The zero-order valence-corrected chi connectivity index (χ0v) is 14.8. The molecule has 25 heavy (non-hydrogen) atoms. The van der Waals surface area contributed by atoms with Crippen LogP contribution in [-0.2, 0) is 11.8 Å². The molecule has 2 aliphatic rings. The van der Waals surface area contributed by atoms with Gasteiger partial charge in [-0.3, -0.25) is 9.69 Å². The summed E-state index contributed by atoms with van der Waals surface area (Å²) in [5.41, 5.74) is -0.649. The molecule has 1 saturated carbocycles. The molecule has 0 spiro atoms. The van der Waals surface area contributed by atoms with Crippen LogP contribution >= 0.6 is 0 Å². The molecule has 1 aromatic rings. The number of aryl methyl sites for hydroxylation is 1. The maximum atomic E-state index is 12.3. The van der Waals surface area contributed by atoms with Crippen molar-refractivity contribution in [2.45, 2.75) is 50.2 Å². The lowest BCUT2D eigenvalue weighted by molar-refractivity contribution is -0.124. The minimum Gasteiger partial charge on any atom is -0.385 e. The minimum atomic E-state index is -0.649. The van der Waals surface area contributed by atoms with E-state index in [-0.39, 0.29) is 11.8 Å². The van der Waals surface area contributed by atoms with Crippen LogP contribution in [0.5, 0.6) is 0 Å². The highest BCUT2D eigenvalue weighted by Crippen LogP contribution is 2.30. The average molecular weight is 345 g/mol. The lowest BCUT2D eigenvalue weighted by atomic mass is 9.90. The Morgan fingerprint density at radius 1 is 1.48 bits per heavy atom. The monoisotopic (exact) mass is 345 g/mol. The van der Waals surface area contributed by atoms with Crippen molar-refractivity contribution in [3.63, 3.8) is 0 Å². The Morgan fingerprint density at radius 3 is 2.72 bits per heavy atom. The smallest absolute Gasteiger partial charge is 0.235 e. The van der Waals surface area contributed by atoms with Gasteiger partial charge in [0.05, 0.1) is 12.6 Å². The Kier molecular flexibility index (Phi) is 5.40. The van der Waals surface area contributed by atoms with Crippen molar-refractivity contribution in [1.29, 1.82) is 5.26 Å². The molecule has 1 amide bonds. The first-order chi connectivity index (χ1) is 12.0. The first-order valence-electron chi connectivity index (χ1n) is 9.13. The van der Waals surface area contributed by atoms with E-state index in [1.807, 2.05) is 17.8 Å². The number of carbonyl (C=O) groups excluding carboxylic acids is 1. The SMILES string of the molecule is Cn1ccnc1C(O)C1CCN(CC(=O)NC2(C#N)CCCC2)CC1. The van der Waals surface area contributed by atoms with Crippen LogP contribution in [0, 0.1) is 17.2 Å². The minimum absolute atomic E-state index is 0.0634. The van der Waals surface area contributed by atoms with Gasteiger partial charge in [0, 0.05) is 19.4 Å². The van der Waals surface area contributed by atoms with Gasteiger partial charge in [-0.15, -0.1) is 0 Å². The zero-order chi connectivity index (χ0) is 17.9. The first kappa shape index (κ1) is 17.9. The Balaban J connectivity index is 1.47. The number of likely N-dealkylation sites (tertiary alicyclic amines) is 1. The van der Waals surface area contributed by atoms with E-state index in [0.717, 1.165) is 51.6 Å². The summed E-state index contributed by atoms with van der Waals surface area (Å²) >= 11 is 0. The zero-order valence-electron chi connectivity index (χ0n) is 14.8. The van der Waals surface area contributed by atoms with Crippen LogP contribution in [0.1, 0.15) is 50.5 Å². The molecule has 1 unspecified atom stereocenters. The predicted molar refractivity (Wildman–Crippen MR) is 92.3 cm³/mol. The highest BCUT2D eigenvalue weighted by molar-refractivity contribution is 5.79. The summed E-state index contributed by atoms with van der Waals surface area (Å²) in [4.78, 5) is 18.7. The Hall–Kier alpha value is -1.91. The first-order valence-corrected chi connectivity index (χ1v) is 9.13. The third-order valence-electron chi connectivity index (χ3n) is 5.62. The second-order valence-electron chi connectivity index (χ2n) is 7.40. The number of aliphatic hydroxyl groups excluding tert-OH is 1. The van der Waals surface area contributed by atoms with E-state index in [4.69, 9.17) is 0 Å². The third kappa shape index (κ3) is 4.02. The van der Waals surface area contributed by atoms with Gasteiger partial charge >= 0.3 is 0 Å². The molecule has 1 aliphatic heterocycles. The van der Waals surface area contributed by atoms with Crippen LogP contribution in [0.25, 0.3) is 0 Å². The van der Waals surface area contributed by atoms with Crippen molar-refractivity contribution in [1.82, 2.24) is 19.8 Å². The van der Waals surface area contributed by atoms with Gasteiger partial charge in [-0.05, 0) is 57.5 Å². The van der Waals surface area contributed by atoms with Crippen molar-refractivity contribution in [2.75, 3.05) is 19.6 Å². The van der Waals surface area contributed by atoms with E-state index in [2.05, 4.69) is 21.3 Å². The summed E-state index contributed by atoms with van der Waals surface area (Å²) in [6.07, 6.45) is 8.18. The van der Waals surface area contributed by atoms with Crippen molar-refractivity contribution in [2.24, 2.45) is 13.0 Å². The quantitative estimate of drug-likeness (QED) is 0.834. The molecule has 0 radical (unpaired) electrons. The predicted octanol–water partition coefficient (Wildman–Crippen LogP) is 1.12. The molecule has 1 atom stereocenters. The fourth-order valence-electron chi connectivity index (χ4n) is 4.05. The molecular weight excluding hydrogens is 318 g/mol. The maximum Gasteiger partial charge on any atom is 0.235 e. The Bertz CT molecular complexity index is 636. The van der Waals surface area contributed by atoms with Crippen molar-refractivity contribution in [3.05, 3.63) is 18.2 Å². The lowest BCUT2D eigenvalue weighted by Crippen LogP contribution is -2.50. The van der Waals surface area contributed by atoms with Crippen LogP contribution in [0.3, 0.4) is 0 Å². The second kappa shape index (κ2) is 7.54. The highest BCUT2D eigenvalue weighted by Gasteiger charge is 2.36. The number of piperidine rings is 1. The van der Waals surface area contributed by atoms with E-state index in [9.17, 15) is 15.2 Å². The van der Waals surface area contributed by atoms with E-state index < -0.39 is 11.6 Å². The molecule has 2 N–H and O–H groups in total. The molecule has 136 valence electrons. The highest BCUT2D eigenvalue weighted by atomic mass is 16.3. The average Bonchev–Trinajstić information content (AvgIpc) is 3.24. The van der Waals surface area contributed by atoms with Gasteiger partial charge in [0.15, 0.2) is 0 Å². The van der Waals surface area contributed by atoms with E-state index in [0.29, 0.717) is 12.4 Å². The number of hydrogen-bond donors (Lipinski definition) is 2. The topological polar surface area (TPSA) is 94.2 Å². The number of nitrogens with one attached hydrogen (secondary N) is 1. The number of nitrogens with zero attached hydrogens (tertiary/aromatic N) is 4. The lowest BCUT2D eigenvalue weighted by Gasteiger charge is -2.34. The normalized spacial score (nSPS) is 22.4. The number of imidazole rings is 1. The van der Waals surface area contributed by atoms with Gasteiger partial charge < -0.3 is 15.0 Å². The van der Waals surface area contributed by atoms with Crippen LogP contribution in [0.2, 0.25) is 0 Å². The van der Waals surface area contributed by atoms with Crippen molar-refractivity contribution < 1.29 is 9.90 Å². The fraction of sp³-hybridized carbons (Fsp3) is 0.722. The summed E-state index contributed by atoms with van der Waals surface area (Å²) in [6, 6.07) is 2.30. The molecule has 0 bridgehead atoms. The van der Waals surface area contributed by atoms with Crippen LogP contribution in [0.15, 0.2) is 12.4 Å². The maximum absolute atomic E-state index is 12.3. The van der Waals surface area contributed by atoms with Crippen molar-refractivity contribution >= 4 is 5.91 Å². The van der Waals surface area contributed by atoms with Gasteiger partial charge in [0.1, 0.15) is 17.5 Å². The number of hydrogen-bond acceptors (Lipinski definition) is 5. The molecule has 1 saturated heterocycles. The number of amides is 1. The van der Waals surface area contributed by atoms with E-state index >= 15 is 0 Å². The van der Waals surface area contributed by atoms with Gasteiger partial charge in [-0.25, -0.2) is 4.98 Å². The standard InChI is InChI=1S/C18H27N5O2/c1-22-11-8-20-17(22)16(25)14-4-9-23(10-5-14)12-15(24)21-18(13-19)6-2-3-7-18/h8,11,14,16,25H,2-7,9-10,12H2,1H3,(H,21,24). The second-order valence-corrected chi connectivity index (χ2v) is 7.40. The van der Waals surface area contributed by atoms with E-state index in [1.54, 1.807) is 6.20 Å². The molecule has 1 aliphatic carbocycles. The summed E-state index contributed by atoms with van der Waals surface area (Å²) in [5, 5.41) is 22.8. The summed E-state index contributed by atoms with van der Waals surface area (Å²) in [5.74, 6) is 0.806. The third-order valence-corrected chi connectivity index (χ3v) is 5.62. The largest absolute Gasteiger partial charge is 0.385 e. The number of carbonyl (C=O) groups is 1. The van der Waals surface area contributed by atoms with Gasteiger partial charge in [-0.1, -0.05) is 0 Å². The number of nitriles is 1. The molecule has 2 heterocycles. The molecule has 2 fully saturated rings. The van der Waals surface area contributed by atoms with Crippen LogP contribution in [-0.4, -0.2) is 50.6 Å². The molecule has 3 rings (SSSR count). The van der Waals surface area contributed by atoms with Crippen LogP contribution < -0.4 is 5.32 Å². The molecular formula is C18H27N5O2. The molecule has 7 heteroatoms. The molecule has 7 nitrogen and oxygen atoms in total. The number of aliphatic hydroxyl groups is 1. The number of rotatable bonds is 5. The summed E-state index contributed by atoms with van der Waals surface area (Å²) in [6.45, 7) is 1.88. The van der Waals surface area contributed by atoms with Gasteiger partial charge in [0.25, 0.3) is 0 Å². The Labute approximate surface area is 148 Å². The Morgan fingerprint density at radius 2 is 2.16 bits per heavy atom. The van der Waals surface area contributed by atoms with E-state index in [1.165, 1.54) is 0 Å². The molecule has 1 aromatic heterocycles. The van der Waals surface area contributed by atoms with Gasteiger partial charge in [0.2, 0.25) is 5.91 Å². The number of aromatic nitrogens is 2.